The summed E-state index contributed by atoms with van der Waals surface area (Å²) < 4.78 is 18.6. The molecule has 0 heterocycles. The van der Waals surface area contributed by atoms with Gasteiger partial charge in [-0.15, -0.1) is 0 Å². The van der Waals surface area contributed by atoms with Crippen molar-refractivity contribution in [2.24, 2.45) is 0 Å². The van der Waals surface area contributed by atoms with Gasteiger partial charge in [-0.1, -0.05) is 24.3 Å². The average molecular weight is 259 g/mol. The number of carbonyl (C=O) groups is 1. The number of aryl methyl sites for hydroxylation is 1. The Balaban J connectivity index is 2.10. The van der Waals surface area contributed by atoms with Crippen LogP contribution in [0.15, 0.2) is 42.5 Å². The molecule has 0 bridgehead atoms. The molecule has 0 saturated carbocycles. The van der Waals surface area contributed by atoms with Crippen LogP contribution in [0, 0.1) is 12.7 Å². The number of anilines is 1. The van der Waals surface area contributed by atoms with E-state index in [1.807, 2.05) is 31.2 Å². The van der Waals surface area contributed by atoms with Gasteiger partial charge in [-0.25, -0.2) is 9.18 Å². The molecular formula is C15H14FNO2. The minimum absolute atomic E-state index is 0.111. The summed E-state index contributed by atoms with van der Waals surface area (Å²) >= 11 is 0. The van der Waals surface area contributed by atoms with E-state index in [9.17, 15) is 9.18 Å². The number of halogens is 1. The summed E-state index contributed by atoms with van der Waals surface area (Å²) in [6.07, 6.45) is 0. The normalized spacial score (nSPS) is 10.2. The second kappa shape index (κ2) is 5.52. The number of esters is 1. The zero-order chi connectivity index (χ0) is 13.8. The highest BCUT2D eigenvalue weighted by Gasteiger charge is 2.13. The quantitative estimate of drug-likeness (QED) is 0.680. The van der Waals surface area contributed by atoms with Crippen molar-refractivity contribution < 1.29 is 13.9 Å². The maximum absolute atomic E-state index is 13.5. The van der Waals surface area contributed by atoms with Gasteiger partial charge in [0.05, 0.1) is 5.56 Å². The number of hydrogen-bond acceptors (Lipinski definition) is 3. The summed E-state index contributed by atoms with van der Waals surface area (Å²) in [6.45, 7) is 2.03. The van der Waals surface area contributed by atoms with Crippen LogP contribution < -0.4 is 5.73 Å². The van der Waals surface area contributed by atoms with Crippen molar-refractivity contribution in [2.75, 3.05) is 5.73 Å². The van der Waals surface area contributed by atoms with Crippen LogP contribution >= 0.6 is 0 Å². The molecule has 4 heteroatoms. The van der Waals surface area contributed by atoms with Crippen LogP contribution in [0.4, 0.5) is 10.1 Å². The number of rotatable bonds is 3. The summed E-state index contributed by atoms with van der Waals surface area (Å²) in [5.41, 5.74) is 7.61. The van der Waals surface area contributed by atoms with Crippen molar-refractivity contribution in [3.8, 4) is 0 Å². The van der Waals surface area contributed by atoms with Crippen molar-refractivity contribution in [1.82, 2.24) is 0 Å². The van der Waals surface area contributed by atoms with Crippen LogP contribution in [-0.2, 0) is 11.3 Å². The lowest BCUT2D eigenvalue weighted by Crippen LogP contribution is -2.08. The highest BCUT2D eigenvalue weighted by molar-refractivity contribution is 5.90. The fourth-order valence-electron chi connectivity index (χ4n) is 1.69. The zero-order valence-electron chi connectivity index (χ0n) is 10.5. The van der Waals surface area contributed by atoms with Crippen LogP contribution in [0.1, 0.15) is 21.5 Å². The summed E-state index contributed by atoms with van der Waals surface area (Å²) in [5, 5.41) is 0. The predicted molar refractivity (Wildman–Crippen MR) is 71.1 cm³/mol. The molecule has 19 heavy (non-hydrogen) atoms. The Bertz CT molecular complexity index is 611. The van der Waals surface area contributed by atoms with Gasteiger partial charge in [0, 0.05) is 5.69 Å². The standard InChI is InChI=1S/C15H14FNO2/c1-10-4-2-3-5-11(10)9-19-15(18)13-8-12(17)6-7-14(13)16/h2-8H,9,17H2,1H3. The zero-order valence-corrected chi connectivity index (χ0v) is 10.5. The monoisotopic (exact) mass is 259 g/mol. The molecular weight excluding hydrogens is 245 g/mol. The lowest BCUT2D eigenvalue weighted by atomic mass is 10.1. The molecule has 98 valence electrons. The van der Waals surface area contributed by atoms with E-state index in [4.69, 9.17) is 10.5 Å². The Morgan fingerprint density at radius 3 is 2.74 bits per heavy atom. The minimum Gasteiger partial charge on any atom is -0.457 e. The molecule has 0 spiro atoms. The second-order valence-electron chi connectivity index (χ2n) is 4.24. The number of carbonyl (C=O) groups excluding carboxylic acids is 1. The summed E-state index contributed by atoms with van der Waals surface area (Å²) in [6, 6.07) is 11.4. The van der Waals surface area contributed by atoms with Crippen molar-refractivity contribution >= 4 is 11.7 Å². The Morgan fingerprint density at radius 2 is 2.00 bits per heavy atom. The molecule has 0 fully saturated rings. The van der Waals surface area contributed by atoms with Crippen molar-refractivity contribution in [3.63, 3.8) is 0 Å². The number of ether oxygens (including phenoxy) is 1. The van der Waals surface area contributed by atoms with Gasteiger partial charge >= 0.3 is 5.97 Å². The number of hydrogen-bond donors (Lipinski definition) is 1. The van der Waals surface area contributed by atoms with Gasteiger partial charge in [0.2, 0.25) is 0 Å². The van der Waals surface area contributed by atoms with E-state index in [1.54, 1.807) is 0 Å². The molecule has 0 unspecified atom stereocenters. The molecule has 2 N–H and O–H groups in total. The van der Waals surface area contributed by atoms with Gasteiger partial charge in [-0.2, -0.15) is 0 Å². The SMILES string of the molecule is Cc1ccccc1COC(=O)c1cc(N)ccc1F. The first kappa shape index (κ1) is 13.1. The van der Waals surface area contributed by atoms with E-state index in [0.29, 0.717) is 5.69 Å². The van der Waals surface area contributed by atoms with Crippen LogP contribution in [0.5, 0.6) is 0 Å². The number of nitrogen functional groups attached to an aromatic ring is 1. The maximum Gasteiger partial charge on any atom is 0.341 e. The van der Waals surface area contributed by atoms with E-state index in [2.05, 4.69) is 0 Å². The highest BCUT2D eigenvalue weighted by Crippen LogP contribution is 2.15. The van der Waals surface area contributed by atoms with Crippen LogP contribution in [0.3, 0.4) is 0 Å². The summed E-state index contributed by atoms with van der Waals surface area (Å²) in [4.78, 5) is 11.8. The van der Waals surface area contributed by atoms with Gasteiger partial charge in [0.25, 0.3) is 0 Å². The van der Waals surface area contributed by atoms with Gasteiger partial charge < -0.3 is 10.5 Å². The Kier molecular flexibility index (Phi) is 3.80. The van der Waals surface area contributed by atoms with Crippen molar-refractivity contribution in [2.45, 2.75) is 13.5 Å². The van der Waals surface area contributed by atoms with Gasteiger partial charge in [-0.05, 0) is 36.2 Å². The van der Waals surface area contributed by atoms with Crippen LogP contribution in [0.2, 0.25) is 0 Å². The molecule has 0 aliphatic heterocycles. The molecule has 0 radical (unpaired) electrons. The van der Waals surface area contributed by atoms with Crippen LogP contribution in [-0.4, -0.2) is 5.97 Å². The molecule has 2 aromatic rings. The van der Waals surface area contributed by atoms with Gasteiger partial charge in [0.1, 0.15) is 12.4 Å². The second-order valence-corrected chi connectivity index (χ2v) is 4.24. The first-order valence-electron chi connectivity index (χ1n) is 5.84. The number of benzene rings is 2. The molecule has 0 atom stereocenters. The third kappa shape index (κ3) is 3.10. The van der Waals surface area contributed by atoms with E-state index < -0.39 is 11.8 Å². The van der Waals surface area contributed by atoms with Crippen molar-refractivity contribution in [1.29, 1.82) is 0 Å². The van der Waals surface area contributed by atoms with Crippen LogP contribution in [0.25, 0.3) is 0 Å². The molecule has 0 aliphatic rings. The number of nitrogens with two attached hydrogens (primary N) is 1. The highest BCUT2D eigenvalue weighted by atomic mass is 19.1. The van der Waals surface area contributed by atoms with E-state index in [1.165, 1.54) is 12.1 Å². The average Bonchev–Trinajstić information content (AvgIpc) is 2.40. The first-order valence-corrected chi connectivity index (χ1v) is 5.84. The van der Waals surface area contributed by atoms with E-state index in [0.717, 1.165) is 17.2 Å². The smallest absolute Gasteiger partial charge is 0.341 e. The Labute approximate surface area is 110 Å². The molecule has 2 aromatic carbocycles. The largest absolute Gasteiger partial charge is 0.457 e. The van der Waals surface area contributed by atoms with E-state index in [-0.39, 0.29) is 12.2 Å². The van der Waals surface area contributed by atoms with E-state index >= 15 is 0 Å². The lowest BCUT2D eigenvalue weighted by Gasteiger charge is -2.08. The molecule has 3 nitrogen and oxygen atoms in total. The van der Waals surface area contributed by atoms with Gasteiger partial charge in [-0.3, -0.25) is 0 Å². The minimum atomic E-state index is -0.715. The molecule has 0 aliphatic carbocycles. The third-order valence-electron chi connectivity index (χ3n) is 2.83. The Hall–Kier alpha value is -2.36. The molecule has 2 rings (SSSR count). The fourth-order valence-corrected chi connectivity index (χ4v) is 1.69. The first-order chi connectivity index (χ1) is 9.08. The molecule has 0 saturated heterocycles. The topological polar surface area (TPSA) is 52.3 Å². The maximum atomic E-state index is 13.5. The Morgan fingerprint density at radius 1 is 1.26 bits per heavy atom. The predicted octanol–water partition coefficient (Wildman–Crippen LogP) is 3.07. The van der Waals surface area contributed by atoms with Crippen molar-refractivity contribution in [3.05, 3.63) is 65.0 Å². The van der Waals surface area contributed by atoms with Gasteiger partial charge in [0.15, 0.2) is 0 Å². The fraction of sp³-hybridized carbons (Fsp3) is 0.133. The summed E-state index contributed by atoms with van der Waals surface area (Å²) in [7, 11) is 0. The lowest BCUT2D eigenvalue weighted by molar-refractivity contribution is 0.0467. The molecule has 0 amide bonds. The molecule has 0 aromatic heterocycles. The summed E-state index contributed by atoms with van der Waals surface area (Å²) in [5.74, 6) is -1.35. The third-order valence-corrected chi connectivity index (χ3v) is 2.83.